The van der Waals surface area contributed by atoms with Crippen LogP contribution in [-0.2, 0) is 19.5 Å². The van der Waals surface area contributed by atoms with Gasteiger partial charge in [-0.05, 0) is 75.5 Å². The van der Waals surface area contributed by atoms with E-state index in [9.17, 15) is 14.7 Å². The van der Waals surface area contributed by atoms with Gasteiger partial charge in [0.2, 0.25) is 0 Å². The van der Waals surface area contributed by atoms with Gasteiger partial charge < -0.3 is 20.4 Å². The predicted octanol–water partition coefficient (Wildman–Crippen LogP) is 3.39. The number of halogens is 2. The fourth-order valence-corrected chi connectivity index (χ4v) is 2.36. The van der Waals surface area contributed by atoms with Gasteiger partial charge in [0.25, 0.3) is 0 Å². The summed E-state index contributed by atoms with van der Waals surface area (Å²) in [4.78, 5) is 20.8. The first kappa shape index (κ1) is 22.1. The van der Waals surface area contributed by atoms with E-state index in [0.29, 0.717) is 3.57 Å². The van der Waals surface area contributed by atoms with Crippen molar-refractivity contribution in [1.82, 2.24) is 0 Å². The first-order valence-corrected chi connectivity index (χ1v) is 7.82. The van der Waals surface area contributed by atoms with Crippen LogP contribution >= 0.6 is 45.2 Å². The smallest absolute Gasteiger partial charge is 0.339 e. The Morgan fingerprint density at radius 2 is 1.43 bits per heavy atom. The van der Waals surface area contributed by atoms with Gasteiger partial charge >= 0.3 is 11.9 Å². The molecule has 0 radical (unpaired) electrons. The number of carboxylic acids is 2. The summed E-state index contributed by atoms with van der Waals surface area (Å²) < 4.78 is 1.33. The molecule has 6 nitrogen and oxygen atoms in total. The maximum absolute atomic E-state index is 10.4. The molecule has 0 aliphatic heterocycles. The summed E-state index contributed by atoms with van der Waals surface area (Å²) in [5.41, 5.74) is -0.117. The molecule has 0 spiro atoms. The molecular formula is C14H10I2O6Zn. The van der Waals surface area contributed by atoms with Gasteiger partial charge in [0.05, 0.1) is 3.57 Å². The maximum Gasteiger partial charge on any atom is 0.339 e. The first-order valence-electron chi connectivity index (χ1n) is 5.66. The van der Waals surface area contributed by atoms with Crippen molar-refractivity contribution >= 4 is 57.1 Å². The van der Waals surface area contributed by atoms with Crippen LogP contribution in [0.2, 0.25) is 0 Å². The fourth-order valence-electron chi connectivity index (χ4n) is 1.37. The van der Waals surface area contributed by atoms with Crippen molar-refractivity contribution in [3.05, 3.63) is 54.7 Å². The number of carbonyl (C=O) groups is 2. The van der Waals surface area contributed by atoms with Crippen molar-refractivity contribution in [3.63, 3.8) is 0 Å². The van der Waals surface area contributed by atoms with Crippen LogP contribution in [-0.4, -0.2) is 32.4 Å². The summed E-state index contributed by atoms with van der Waals surface area (Å²) in [5, 5.41) is 35.3. The number of aromatic hydroxyl groups is 2. The van der Waals surface area contributed by atoms with Gasteiger partial charge in [-0.3, -0.25) is 0 Å². The Labute approximate surface area is 171 Å². The van der Waals surface area contributed by atoms with Crippen LogP contribution in [0.3, 0.4) is 0 Å². The molecule has 4 N–H and O–H groups in total. The number of benzene rings is 2. The summed E-state index contributed by atoms with van der Waals surface area (Å²) in [6, 6.07) is 9.01. The third kappa shape index (κ3) is 6.60. The van der Waals surface area contributed by atoms with Gasteiger partial charge in [-0.1, -0.05) is 6.07 Å². The van der Waals surface area contributed by atoms with Crippen LogP contribution in [0.25, 0.3) is 0 Å². The third-order valence-electron chi connectivity index (χ3n) is 2.41. The van der Waals surface area contributed by atoms with Crippen LogP contribution in [0.5, 0.6) is 11.5 Å². The third-order valence-corrected chi connectivity index (χ3v) is 3.95. The van der Waals surface area contributed by atoms with Crippen molar-refractivity contribution in [3.8, 4) is 11.5 Å². The second-order valence-corrected chi connectivity index (χ2v) is 6.32. The van der Waals surface area contributed by atoms with Gasteiger partial charge in [0.15, 0.2) is 0 Å². The zero-order valence-electron chi connectivity index (χ0n) is 11.5. The van der Waals surface area contributed by atoms with E-state index in [1.165, 1.54) is 18.2 Å². The average Bonchev–Trinajstić information content (AvgIpc) is 2.44. The van der Waals surface area contributed by atoms with Gasteiger partial charge in [-0.25, -0.2) is 9.59 Å². The standard InChI is InChI=1S/2C7H5IO3.Zn/c8-4-1-2-6(9)5(3-4)7(10)11;8-5-3-1-2-4(6(5)9)7(10)11;/h2*1-3,9H,(H,10,11);. The molecule has 0 aliphatic rings. The van der Waals surface area contributed by atoms with Crippen molar-refractivity contribution < 1.29 is 49.5 Å². The van der Waals surface area contributed by atoms with Gasteiger partial charge in [0, 0.05) is 23.0 Å². The largest absolute Gasteiger partial charge is 0.507 e. The van der Waals surface area contributed by atoms with Crippen LogP contribution in [0.15, 0.2) is 36.4 Å². The number of para-hydroxylation sites is 1. The van der Waals surface area contributed by atoms with Crippen LogP contribution < -0.4 is 0 Å². The number of aromatic carboxylic acids is 2. The molecule has 0 bridgehead atoms. The number of hydrogen-bond donors (Lipinski definition) is 4. The monoisotopic (exact) mass is 592 g/mol. The first-order chi connectivity index (χ1) is 10.2. The Hall–Kier alpha value is -0.937. The Morgan fingerprint density at radius 3 is 1.87 bits per heavy atom. The van der Waals surface area contributed by atoms with E-state index in [0.717, 1.165) is 3.57 Å². The minimum absolute atomic E-state index is 0. The average molecular weight is 593 g/mol. The molecule has 2 aromatic rings. The van der Waals surface area contributed by atoms with Crippen LogP contribution in [0.1, 0.15) is 20.7 Å². The summed E-state index contributed by atoms with van der Waals surface area (Å²) in [5.74, 6) is -2.58. The van der Waals surface area contributed by atoms with Crippen molar-refractivity contribution in [2.75, 3.05) is 0 Å². The molecule has 9 heteroatoms. The molecule has 0 fully saturated rings. The molecule has 118 valence electrons. The molecule has 0 saturated carbocycles. The van der Waals surface area contributed by atoms with Crippen molar-refractivity contribution in [1.29, 1.82) is 0 Å². The number of phenols is 2. The SMILES string of the molecule is O=C(O)c1cc(I)ccc1O.O=C(O)c1cccc(I)c1O.[Zn]. The summed E-state index contributed by atoms with van der Waals surface area (Å²) in [7, 11) is 0. The van der Waals surface area contributed by atoms with Gasteiger partial charge in [0.1, 0.15) is 22.6 Å². The van der Waals surface area contributed by atoms with E-state index >= 15 is 0 Å². The minimum atomic E-state index is -1.11. The van der Waals surface area contributed by atoms with Crippen molar-refractivity contribution in [2.24, 2.45) is 0 Å². The minimum Gasteiger partial charge on any atom is -0.507 e. The second-order valence-electron chi connectivity index (χ2n) is 3.91. The quantitative estimate of drug-likeness (QED) is 0.314. The fraction of sp³-hybridized carbons (Fsp3) is 0. The molecule has 23 heavy (non-hydrogen) atoms. The molecule has 0 unspecified atom stereocenters. The van der Waals surface area contributed by atoms with Gasteiger partial charge in [-0.15, -0.1) is 0 Å². The Bertz CT molecular complexity index is 708. The molecular weight excluding hydrogens is 583 g/mol. The molecule has 0 heterocycles. The zero-order chi connectivity index (χ0) is 16.9. The van der Waals surface area contributed by atoms with E-state index in [4.69, 9.17) is 15.3 Å². The Morgan fingerprint density at radius 1 is 0.870 bits per heavy atom. The second kappa shape index (κ2) is 10.0. The number of rotatable bonds is 2. The zero-order valence-corrected chi connectivity index (χ0v) is 18.8. The normalized spacial score (nSPS) is 9.13. The topological polar surface area (TPSA) is 115 Å². The van der Waals surface area contributed by atoms with E-state index in [1.54, 1.807) is 18.2 Å². The molecule has 0 aromatic heterocycles. The number of carboxylic acid groups (broad SMARTS) is 2. The summed E-state index contributed by atoms with van der Waals surface area (Å²) >= 11 is 3.85. The van der Waals surface area contributed by atoms with E-state index in [1.807, 2.05) is 45.2 Å². The molecule has 0 aliphatic carbocycles. The summed E-state index contributed by atoms with van der Waals surface area (Å²) in [6.07, 6.45) is 0. The molecule has 0 amide bonds. The van der Waals surface area contributed by atoms with E-state index < -0.39 is 11.9 Å². The Kier molecular flexibility index (Phi) is 9.63. The predicted molar refractivity (Wildman–Crippen MR) is 95.6 cm³/mol. The van der Waals surface area contributed by atoms with Gasteiger partial charge in [-0.2, -0.15) is 0 Å². The van der Waals surface area contributed by atoms with E-state index in [-0.39, 0.29) is 42.1 Å². The molecule has 0 saturated heterocycles. The number of hydrogen-bond acceptors (Lipinski definition) is 4. The van der Waals surface area contributed by atoms with E-state index in [2.05, 4.69) is 0 Å². The molecule has 2 aromatic carbocycles. The summed E-state index contributed by atoms with van der Waals surface area (Å²) in [6.45, 7) is 0. The van der Waals surface area contributed by atoms with Crippen LogP contribution in [0.4, 0.5) is 0 Å². The van der Waals surface area contributed by atoms with Crippen molar-refractivity contribution in [2.45, 2.75) is 0 Å². The maximum atomic E-state index is 10.4. The Balaban J connectivity index is 0.000000403. The van der Waals surface area contributed by atoms with Crippen LogP contribution in [0, 0.1) is 7.14 Å². The molecule has 2 rings (SSSR count). The molecule has 0 atom stereocenters.